The molecule has 1 aromatic rings. The Morgan fingerprint density at radius 2 is 2.00 bits per heavy atom. The van der Waals surface area contributed by atoms with E-state index in [4.69, 9.17) is 4.84 Å². The molecular formula is C12H19NO. The Kier molecular flexibility index (Phi) is 5.27. The van der Waals surface area contributed by atoms with Crippen LogP contribution in [-0.2, 0) is 11.3 Å². The van der Waals surface area contributed by atoms with Crippen molar-refractivity contribution in [2.24, 2.45) is 0 Å². The molecule has 0 spiro atoms. The predicted molar refractivity (Wildman–Crippen MR) is 59.0 cm³/mol. The van der Waals surface area contributed by atoms with E-state index in [2.05, 4.69) is 36.7 Å². The van der Waals surface area contributed by atoms with Crippen LogP contribution in [0.3, 0.4) is 0 Å². The van der Waals surface area contributed by atoms with Gasteiger partial charge in [-0.15, -0.1) is 0 Å². The first-order chi connectivity index (χ1) is 6.83. The van der Waals surface area contributed by atoms with Gasteiger partial charge in [-0.25, -0.2) is 5.48 Å². The molecule has 0 saturated carbocycles. The van der Waals surface area contributed by atoms with E-state index in [1.165, 1.54) is 5.56 Å². The smallest absolute Gasteiger partial charge is 0.0765 e. The normalized spacial score (nSPS) is 12.7. The van der Waals surface area contributed by atoms with Gasteiger partial charge in [0.15, 0.2) is 0 Å². The SMILES string of the molecule is CCNOC(C)CCc1ccccc1. The molecule has 0 bridgehead atoms. The maximum atomic E-state index is 5.36. The minimum absolute atomic E-state index is 0.273. The van der Waals surface area contributed by atoms with Gasteiger partial charge >= 0.3 is 0 Å². The highest BCUT2D eigenvalue weighted by Gasteiger charge is 2.01. The second-order valence-electron chi connectivity index (χ2n) is 3.45. The summed E-state index contributed by atoms with van der Waals surface area (Å²) in [5.41, 5.74) is 4.26. The molecule has 1 N–H and O–H groups in total. The molecule has 2 heteroatoms. The van der Waals surface area contributed by atoms with Gasteiger partial charge in [-0.05, 0) is 25.3 Å². The monoisotopic (exact) mass is 193 g/mol. The fourth-order valence-corrected chi connectivity index (χ4v) is 1.30. The number of hydrogen-bond acceptors (Lipinski definition) is 2. The Morgan fingerprint density at radius 3 is 2.64 bits per heavy atom. The molecule has 2 nitrogen and oxygen atoms in total. The average molecular weight is 193 g/mol. The number of benzene rings is 1. The summed E-state index contributed by atoms with van der Waals surface area (Å²) in [4.78, 5) is 5.36. The van der Waals surface area contributed by atoms with Gasteiger partial charge in [0.25, 0.3) is 0 Å². The highest BCUT2D eigenvalue weighted by atomic mass is 16.7. The van der Waals surface area contributed by atoms with E-state index in [0.717, 1.165) is 19.4 Å². The summed E-state index contributed by atoms with van der Waals surface area (Å²) in [6, 6.07) is 10.5. The second kappa shape index (κ2) is 6.57. The van der Waals surface area contributed by atoms with Crippen LogP contribution < -0.4 is 5.48 Å². The lowest BCUT2D eigenvalue weighted by Gasteiger charge is -2.12. The largest absolute Gasteiger partial charge is 0.299 e. The van der Waals surface area contributed by atoms with Crippen LogP contribution in [0, 0.1) is 0 Å². The third kappa shape index (κ3) is 4.40. The van der Waals surface area contributed by atoms with Crippen molar-refractivity contribution in [1.29, 1.82) is 0 Å². The van der Waals surface area contributed by atoms with Crippen LogP contribution >= 0.6 is 0 Å². The van der Waals surface area contributed by atoms with Gasteiger partial charge in [0.2, 0.25) is 0 Å². The van der Waals surface area contributed by atoms with Crippen molar-refractivity contribution in [3.8, 4) is 0 Å². The fourth-order valence-electron chi connectivity index (χ4n) is 1.30. The van der Waals surface area contributed by atoms with Crippen molar-refractivity contribution in [3.63, 3.8) is 0 Å². The minimum Gasteiger partial charge on any atom is -0.299 e. The molecule has 0 radical (unpaired) electrons. The number of nitrogens with one attached hydrogen (secondary N) is 1. The number of rotatable bonds is 6. The maximum absolute atomic E-state index is 5.36. The summed E-state index contributed by atoms with van der Waals surface area (Å²) in [5.74, 6) is 0. The summed E-state index contributed by atoms with van der Waals surface area (Å²) < 4.78 is 0. The molecule has 0 aliphatic rings. The second-order valence-corrected chi connectivity index (χ2v) is 3.45. The molecule has 0 heterocycles. The molecular weight excluding hydrogens is 174 g/mol. The number of aryl methyl sites for hydroxylation is 1. The van der Waals surface area contributed by atoms with E-state index in [1.54, 1.807) is 0 Å². The first-order valence-electron chi connectivity index (χ1n) is 5.25. The maximum Gasteiger partial charge on any atom is 0.0765 e. The predicted octanol–water partition coefficient (Wildman–Crippen LogP) is 2.55. The average Bonchev–Trinajstić information content (AvgIpc) is 2.25. The lowest BCUT2D eigenvalue weighted by atomic mass is 10.1. The van der Waals surface area contributed by atoms with Crippen LogP contribution in [-0.4, -0.2) is 12.6 Å². The van der Waals surface area contributed by atoms with Gasteiger partial charge in [-0.2, -0.15) is 0 Å². The zero-order valence-corrected chi connectivity index (χ0v) is 8.99. The molecule has 1 atom stereocenters. The molecule has 1 rings (SSSR count). The van der Waals surface area contributed by atoms with E-state index in [-0.39, 0.29) is 6.10 Å². The van der Waals surface area contributed by atoms with Crippen LogP contribution in [0.15, 0.2) is 30.3 Å². The van der Waals surface area contributed by atoms with Crippen molar-refractivity contribution < 1.29 is 4.84 Å². The van der Waals surface area contributed by atoms with Crippen molar-refractivity contribution >= 4 is 0 Å². The molecule has 0 aromatic heterocycles. The third-order valence-corrected chi connectivity index (χ3v) is 2.11. The van der Waals surface area contributed by atoms with Gasteiger partial charge in [0, 0.05) is 6.54 Å². The summed E-state index contributed by atoms with van der Waals surface area (Å²) in [6.07, 6.45) is 2.40. The van der Waals surface area contributed by atoms with Gasteiger partial charge in [0.05, 0.1) is 6.10 Å². The van der Waals surface area contributed by atoms with E-state index < -0.39 is 0 Å². The molecule has 0 aliphatic carbocycles. The zero-order chi connectivity index (χ0) is 10.2. The topological polar surface area (TPSA) is 21.3 Å². The van der Waals surface area contributed by atoms with E-state index in [0.29, 0.717) is 0 Å². The first kappa shape index (κ1) is 11.2. The number of hydrogen-bond donors (Lipinski definition) is 1. The zero-order valence-electron chi connectivity index (χ0n) is 8.99. The van der Waals surface area contributed by atoms with E-state index in [9.17, 15) is 0 Å². The van der Waals surface area contributed by atoms with Crippen molar-refractivity contribution in [1.82, 2.24) is 5.48 Å². The molecule has 0 amide bonds. The van der Waals surface area contributed by atoms with Crippen LogP contribution in [0.1, 0.15) is 25.8 Å². The van der Waals surface area contributed by atoms with E-state index >= 15 is 0 Å². The lowest BCUT2D eigenvalue weighted by Crippen LogP contribution is -2.21. The quantitative estimate of drug-likeness (QED) is 0.701. The Balaban J connectivity index is 2.20. The molecule has 1 unspecified atom stereocenters. The fraction of sp³-hybridized carbons (Fsp3) is 0.500. The highest BCUT2D eigenvalue weighted by molar-refractivity contribution is 5.14. The van der Waals surface area contributed by atoms with Crippen molar-refractivity contribution in [3.05, 3.63) is 35.9 Å². The lowest BCUT2D eigenvalue weighted by molar-refractivity contribution is -0.0158. The molecule has 0 aliphatic heterocycles. The van der Waals surface area contributed by atoms with Gasteiger partial charge in [-0.1, -0.05) is 37.3 Å². The van der Waals surface area contributed by atoms with Gasteiger partial charge in [0.1, 0.15) is 0 Å². The van der Waals surface area contributed by atoms with Crippen molar-refractivity contribution in [2.45, 2.75) is 32.8 Å². The van der Waals surface area contributed by atoms with Crippen LogP contribution in [0.4, 0.5) is 0 Å². The molecule has 0 saturated heterocycles. The first-order valence-corrected chi connectivity index (χ1v) is 5.25. The molecule has 1 aromatic carbocycles. The standard InChI is InChI=1S/C12H19NO/c1-3-13-14-11(2)9-10-12-7-5-4-6-8-12/h4-8,11,13H,3,9-10H2,1-2H3. The summed E-state index contributed by atoms with van der Waals surface area (Å²) in [5, 5.41) is 0. The Labute approximate surface area is 86.2 Å². The Hall–Kier alpha value is -0.860. The van der Waals surface area contributed by atoms with Crippen LogP contribution in [0.2, 0.25) is 0 Å². The van der Waals surface area contributed by atoms with Crippen LogP contribution in [0.5, 0.6) is 0 Å². The third-order valence-electron chi connectivity index (χ3n) is 2.11. The van der Waals surface area contributed by atoms with Crippen LogP contribution in [0.25, 0.3) is 0 Å². The molecule has 78 valence electrons. The molecule has 0 fully saturated rings. The van der Waals surface area contributed by atoms with Crippen molar-refractivity contribution in [2.75, 3.05) is 6.54 Å². The minimum atomic E-state index is 0.273. The van der Waals surface area contributed by atoms with Gasteiger partial charge < -0.3 is 0 Å². The number of hydroxylamine groups is 1. The molecule has 14 heavy (non-hydrogen) atoms. The summed E-state index contributed by atoms with van der Waals surface area (Å²) in [6.45, 7) is 4.98. The van der Waals surface area contributed by atoms with E-state index in [1.807, 2.05) is 13.0 Å². The highest BCUT2D eigenvalue weighted by Crippen LogP contribution is 2.05. The Bertz CT molecular complexity index is 235. The summed E-state index contributed by atoms with van der Waals surface area (Å²) in [7, 11) is 0. The Morgan fingerprint density at radius 1 is 1.29 bits per heavy atom. The summed E-state index contributed by atoms with van der Waals surface area (Å²) >= 11 is 0. The van der Waals surface area contributed by atoms with Gasteiger partial charge in [-0.3, -0.25) is 4.84 Å².